The van der Waals surface area contributed by atoms with Gasteiger partial charge >= 0.3 is 18.2 Å². The molecule has 32 heavy (non-hydrogen) atoms. The van der Waals surface area contributed by atoms with Crippen LogP contribution in [-0.4, -0.2) is 71.6 Å². The van der Waals surface area contributed by atoms with Gasteiger partial charge in [-0.25, -0.2) is 18.8 Å². The second kappa shape index (κ2) is 8.74. The quantitative estimate of drug-likeness (QED) is 0.731. The molecule has 0 bridgehead atoms. The van der Waals surface area contributed by atoms with E-state index in [9.17, 15) is 19.5 Å². The van der Waals surface area contributed by atoms with Crippen molar-refractivity contribution in [1.29, 1.82) is 0 Å². The van der Waals surface area contributed by atoms with Gasteiger partial charge in [0, 0.05) is 19.6 Å². The zero-order valence-corrected chi connectivity index (χ0v) is 17.1. The largest absolute Gasteiger partial charge is 0.478 e. The normalized spacial score (nSPS) is 20.9. The Morgan fingerprint density at radius 3 is 2.44 bits per heavy atom. The van der Waals surface area contributed by atoms with Gasteiger partial charge in [-0.1, -0.05) is 30.3 Å². The third kappa shape index (κ3) is 4.29. The van der Waals surface area contributed by atoms with E-state index in [1.165, 1.54) is 17.0 Å². The summed E-state index contributed by atoms with van der Waals surface area (Å²) in [6, 6.07) is 13.4. The molecule has 2 amide bonds. The molecule has 2 atom stereocenters. The summed E-state index contributed by atoms with van der Waals surface area (Å²) in [5.74, 6) is -1.85. The highest BCUT2D eigenvalue weighted by atomic mass is 19.1. The van der Waals surface area contributed by atoms with Gasteiger partial charge in [0.2, 0.25) is 6.10 Å². The zero-order valence-electron chi connectivity index (χ0n) is 17.1. The zero-order chi connectivity index (χ0) is 22.8. The molecule has 2 heterocycles. The number of anilines is 2. The molecule has 0 aliphatic carbocycles. The highest BCUT2D eigenvalue weighted by Gasteiger charge is 2.37. The van der Waals surface area contributed by atoms with Crippen LogP contribution >= 0.6 is 0 Å². The van der Waals surface area contributed by atoms with E-state index in [0.717, 1.165) is 16.5 Å². The molecule has 1 unspecified atom stereocenters. The van der Waals surface area contributed by atoms with Gasteiger partial charge in [-0.05, 0) is 30.2 Å². The number of benzene rings is 2. The van der Waals surface area contributed by atoms with E-state index in [1.807, 2.05) is 30.3 Å². The number of halogens is 1. The first-order valence-corrected chi connectivity index (χ1v) is 10.1. The maximum absolute atomic E-state index is 15.0. The van der Waals surface area contributed by atoms with Crippen LogP contribution in [0.4, 0.5) is 25.4 Å². The lowest BCUT2D eigenvalue weighted by atomic mass is 10.0. The topological polar surface area (TPSA) is 111 Å². The molecule has 2 aliphatic rings. The number of hydrogen-bond donors (Lipinski definition) is 2. The van der Waals surface area contributed by atoms with Crippen LogP contribution in [0.15, 0.2) is 48.5 Å². The number of amides is 2. The number of carbonyl (C=O) groups is 3. The monoisotopic (exact) mass is 443 g/mol. The number of hydrogen-bond acceptors (Lipinski definition) is 5. The number of ether oxygens (including phenoxy) is 1. The third-order valence-corrected chi connectivity index (χ3v) is 5.71. The number of carboxylic acids is 1. The Bertz CT molecular complexity index is 1030. The van der Waals surface area contributed by atoms with Crippen LogP contribution in [0.5, 0.6) is 0 Å². The molecule has 2 saturated heterocycles. The summed E-state index contributed by atoms with van der Waals surface area (Å²) in [6.07, 6.45) is -2.66. The Kier molecular flexibility index (Phi) is 5.85. The van der Waals surface area contributed by atoms with E-state index in [-0.39, 0.29) is 24.8 Å². The summed E-state index contributed by atoms with van der Waals surface area (Å²) in [4.78, 5) is 39.0. The van der Waals surface area contributed by atoms with E-state index in [1.54, 1.807) is 4.90 Å². The van der Waals surface area contributed by atoms with Crippen molar-refractivity contribution in [2.45, 2.75) is 18.6 Å². The number of piperazine rings is 1. The second-order valence-corrected chi connectivity index (χ2v) is 7.72. The molecule has 2 aromatic carbocycles. The molecular formula is C22H22FN3O6. The van der Waals surface area contributed by atoms with Crippen molar-refractivity contribution >= 4 is 29.5 Å². The Balaban J connectivity index is 1.52. The summed E-state index contributed by atoms with van der Waals surface area (Å²) in [6.45, 7) is 0.654. The molecule has 0 spiro atoms. The van der Waals surface area contributed by atoms with Crippen LogP contribution in [0.2, 0.25) is 0 Å². The fourth-order valence-corrected chi connectivity index (χ4v) is 4.11. The van der Waals surface area contributed by atoms with Gasteiger partial charge in [-0.3, -0.25) is 4.90 Å². The SMILES string of the molecule is O=C(O)[C@H]1CN(c2ccc(N3CCN(C(=O)O)C(Cc4ccccc4)C3)c(F)c2)C(=O)O1. The standard InChI is InChI=1S/C22H22FN3O6/c23-17-11-15(26-13-19(20(27)28)32-22(26)31)6-7-18(17)24-8-9-25(21(29)30)16(12-24)10-14-4-2-1-3-5-14/h1-7,11,16,19H,8-10,12-13H2,(H,27,28)(H,29,30)/t16?,19-/m1/s1. The van der Waals surface area contributed by atoms with Gasteiger partial charge in [0.25, 0.3) is 0 Å². The Morgan fingerprint density at radius 2 is 1.81 bits per heavy atom. The van der Waals surface area contributed by atoms with Crippen molar-refractivity contribution in [3.8, 4) is 0 Å². The highest BCUT2D eigenvalue weighted by molar-refractivity contribution is 5.94. The number of aliphatic carboxylic acids is 1. The molecule has 2 aromatic rings. The van der Waals surface area contributed by atoms with Crippen molar-refractivity contribution in [1.82, 2.24) is 4.90 Å². The maximum atomic E-state index is 15.0. The van der Waals surface area contributed by atoms with Crippen LogP contribution in [0.1, 0.15) is 5.56 Å². The predicted octanol–water partition coefficient (Wildman–Crippen LogP) is 2.65. The number of carbonyl (C=O) groups excluding carboxylic acids is 1. The molecule has 2 fully saturated rings. The van der Waals surface area contributed by atoms with Crippen molar-refractivity contribution in [3.63, 3.8) is 0 Å². The van der Waals surface area contributed by atoms with E-state index in [2.05, 4.69) is 0 Å². The van der Waals surface area contributed by atoms with Gasteiger partial charge in [0.1, 0.15) is 5.82 Å². The van der Waals surface area contributed by atoms with E-state index in [0.29, 0.717) is 25.2 Å². The Morgan fingerprint density at radius 1 is 1.06 bits per heavy atom. The first kappa shape index (κ1) is 21.4. The number of rotatable bonds is 5. The minimum absolute atomic E-state index is 0.199. The number of carboxylic acid groups (broad SMARTS) is 2. The molecule has 168 valence electrons. The fraction of sp³-hybridized carbons (Fsp3) is 0.318. The van der Waals surface area contributed by atoms with E-state index >= 15 is 4.39 Å². The average Bonchev–Trinajstić information content (AvgIpc) is 3.16. The van der Waals surface area contributed by atoms with Crippen LogP contribution in [-0.2, 0) is 16.0 Å². The molecule has 9 nitrogen and oxygen atoms in total. The summed E-state index contributed by atoms with van der Waals surface area (Å²) in [7, 11) is 0. The second-order valence-electron chi connectivity index (χ2n) is 7.72. The number of cyclic esters (lactones) is 1. The first-order valence-electron chi connectivity index (χ1n) is 10.1. The Labute approximate surface area is 183 Å². The fourth-order valence-electron chi connectivity index (χ4n) is 4.11. The smallest absolute Gasteiger partial charge is 0.415 e. The minimum atomic E-state index is -1.30. The summed E-state index contributed by atoms with van der Waals surface area (Å²) in [5, 5.41) is 18.6. The lowest BCUT2D eigenvalue weighted by Crippen LogP contribution is -2.56. The van der Waals surface area contributed by atoms with Gasteiger partial charge in [0.15, 0.2) is 0 Å². The van der Waals surface area contributed by atoms with Crippen molar-refractivity contribution in [2.75, 3.05) is 36.0 Å². The predicted molar refractivity (Wildman–Crippen MR) is 113 cm³/mol. The molecular weight excluding hydrogens is 421 g/mol. The van der Waals surface area contributed by atoms with E-state index < -0.39 is 30.1 Å². The third-order valence-electron chi connectivity index (χ3n) is 5.71. The van der Waals surface area contributed by atoms with Crippen LogP contribution in [0, 0.1) is 5.82 Å². The van der Waals surface area contributed by atoms with Crippen LogP contribution in [0.25, 0.3) is 0 Å². The van der Waals surface area contributed by atoms with Gasteiger partial charge in [0.05, 0.1) is 24.0 Å². The van der Waals surface area contributed by atoms with E-state index in [4.69, 9.17) is 9.84 Å². The van der Waals surface area contributed by atoms with Crippen LogP contribution in [0.3, 0.4) is 0 Å². The Hall–Kier alpha value is -3.82. The van der Waals surface area contributed by atoms with Gasteiger partial charge < -0.3 is 24.7 Å². The summed E-state index contributed by atoms with van der Waals surface area (Å²) in [5.41, 5.74) is 1.48. The van der Waals surface area contributed by atoms with Crippen molar-refractivity contribution < 1.29 is 33.7 Å². The maximum Gasteiger partial charge on any atom is 0.415 e. The molecule has 0 radical (unpaired) electrons. The van der Waals surface area contributed by atoms with Gasteiger partial charge in [-0.15, -0.1) is 0 Å². The highest BCUT2D eigenvalue weighted by Crippen LogP contribution is 2.30. The molecule has 10 heteroatoms. The molecule has 2 aliphatic heterocycles. The lowest BCUT2D eigenvalue weighted by molar-refractivity contribution is -0.144. The molecule has 0 saturated carbocycles. The average molecular weight is 443 g/mol. The molecule has 0 aromatic heterocycles. The van der Waals surface area contributed by atoms with Crippen LogP contribution < -0.4 is 9.80 Å². The van der Waals surface area contributed by atoms with Crippen molar-refractivity contribution in [2.24, 2.45) is 0 Å². The first-order chi connectivity index (χ1) is 15.3. The summed E-state index contributed by atoms with van der Waals surface area (Å²) < 4.78 is 19.8. The number of nitrogens with zero attached hydrogens (tertiary/aromatic N) is 3. The summed E-state index contributed by atoms with van der Waals surface area (Å²) >= 11 is 0. The lowest BCUT2D eigenvalue weighted by Gasteiger charge is -2.41. The molecule has 4 rings (SSSR count). The van der Waals surface area contributed by atoms with Gasteiger partial charge in [-0.2, -0.15) is 0 Å². The molecule has 2 N–H and O–H groups in total. The minimum Gasteiger partial charge on any atom is -0.478 e. The van der Waals surface area contributed by atoms with Crippen molar-refractivity contribution in [3.05, 3.63) is 59.9 Å².